The van der Waals surface area contributed by atoms with Crippen molar-refractivity contribution in [2.24, 2.45) is 0 Å². The van der Waals surface area contributed by atoms with Crippen LogP contribution in [0, 0.1) is 0 Å². The number of nitrogens with zero attached hydrogens (tertiary/aromatic N) is 1. The quantitative estimate of drug-likeness (QED) is 0.722. The van der Waals surface area contributed by atoms with Crippen LogP contribution in [0.25, 0.3) is 22.3 Å². The highest BCUT2D eigenvalue weighted by molar-refractivity contribution is 5.92. The van der Waals surface area contributed by atoms with Crippen molar-refractivity contribution >= 4 is 10.9 Å². The Morgan fingerprint density at radius 2 is 2.24 bits per heavy atom. The third-order valence-electron chi connectivity index (χ3n) is 2.70. The maximum atomic E-state index is 5.50. The Balaban J connectivity index is 2.16. The number of hydrogen-bond acceptors (Lipinski definition) is 2. The van der Waals surface area contributed by atoms with E-state index in [0.29, 0.717) is 6.61 Å². The average molecular weight is 227 g/mol. The molecule has 4 heteroatoms. The summed E-state index contributed by atoms with van der Waals surface area (Å²) in [7, 11) is 0. The number of H-pyrrole nitrogens is 2. The predicted octanol–water partition coefficient (Wildman–Crippen LogP) is 2.96. The lowest BCUT2D eigenvalue weighted by Gasteiger charge is -2.02. The normalized spacial score (nSPS) is 10.9. The second-order valence-corrected chi connectivity index (χ2v) is 3.80. The van der Waals surface area contributed by atoms with E-state index in [9.17, 15) is 0 Å². The van der Waals surface area contributed by atoms with Crippen molar-refractivity contribution in [3.63, 3.8) is 0 Å². The van der Waals surface area contributed by atoms with Crippen molar-refractivity contribution in [2.75, 3.05) is 6.61 Å². The predicted molar refractivity (Wildman–Crippen MR) is 67.0 cm³/mol. The van der Waals surface area contributed by atoms with Crippen LogP contribution in [0.2, 0.25) is 0 Å². The third kappa shape index (κ3) is 1.67. The molecule has 1 aromatic carbocycles. The van der Waals surface area contributed by atoms with Gasteiger partial charge in [-0.05, 0) is 37.3 Å². The van der Waals surface area contributed by atoms with Crippen LogP contribution in [-0.2, 0) is 0 Å². The molecule has 2 heterocycles. The number of hydrogen-bond donors (Lipinski definition) is 2. The molecule has 0 saturated carbocycles. The Labute approximate surface area is 98.6 Å². The average Bonchev–Trinajstić information content (AvgIpc) is 2.96. The Morgan fingerprint density at radius 1 is 1.29 bits per heavy atom. The zero-order valence-corrected chi connectivity index (χ0v) is 9.53. The summed E-state index contributed by atoms with van der Waals surface area (Å²) < 4.78 is 5.50. The largest absolute Gasteiger partial charge is 0.494 e. The van der Waals surface area contributed by atoms with Gasteiger partial charge in [0.2, 0.25) is 0 Å². The second-order valence-electron chi connectivity index (χ2n) is 3.80. The third-order valence-corrected chi connectivity index (χ3v) is 2.70. The van der Waals surface area contributed by atoms with Gasteiger partial charge in [0.1, 0.15) is 11.4 Å². The molecule has 0 spiro atoms. The number of nitrogens with one attached hydrogen (secondary N) is 2. The van der Waals surface area contributed by atoms with Gasteiger partial charge in [-0.2, -0.15) is 5.10 Å². The van der Waals surface area contributed by atoms with Crippen LogP contribution in [-0.4, -0.2) is 21.8 Å². The van der Waals surface area contributed by atoms with Gasteiger partial charge in [0.15, 0.2) is 0 Å². The van der Waals surface area contributed by atoms with Gasteiger partial charge in [0.05, 0.1) is 17.8 Å². The maximum absolute atomic E-state index is 5.50. The zero-order valence-electron chi connectivity index (χ0n) is 9.53. The molecule has 0 amide bonds. The Hall–Kier alpha value is -2.23. The number of benzene rings is 1. The molecule has 0 aliphatic heterocycles. The smallest absolute Gasteiger partial charge is 0.120 e. The second kappa shape index (κ2) is 3.97. The Kier molecular flexibility index (Phi) is 2.33. The van der Waals surface area contributed by atoms with E-state index in [1.807, 2.05) is 43.5 Å². The van der Waals surface area contributed by atoms with E-state index < -0.39 is 0 Å². The van der Waals surface area contributed by atoms with Crippen LogP contribution < -0.4 is 4.74 Å². The molecule has 0 aliphatic rings. The minimum absolute atomic E-state index is 0.668. The van der Waals surface area contributed by atoms with E-state index in [-0.39, 0.29) is 0 Å². The van der Waals surface area contributed by atoms with E-state index in [4.69, 9.17) is 4.74 Å². The van der Waals surface area contributed by atoms with Gasteiger partial charge >= 0.3 is 0 Å². The van der Waals surface area contributed by atoms with Crippen molar-refractivity contribution in [3.8, 4) is 17.1 Å². The van der Waals surface area contributed by atoms with Crippen molar-refractivity contribution in [1.82, 2.24) is 15.2 Å². The molecule has 17 heavy (non-hydrogen) atoms. The summed E-state index contributed by atoms with van der Waals surface area (Å²) in [6.07, 6.45) is 1.89. The first-order valence-corrected chi connectivity index (χ1v) is 5.63. The highest BCUT2D eigenvalue weighted by Gasteiger charge is 2.09. The van der Waals surface area contributed by atoms with Gasteiger partial charge in [-0.1, -0.05) is 0 Å². The summed E-state index contributed by atoms with van der Waals surface area (Å²) in [6, 6.07) is 9.91. The molecule has 0 fully saturated rings. The maximum Gasteiger partial charge on any atom is 0.120 e. The van der Waals surface area contributed by atoms with E-state index in [1.54, 1.807) is 0 Å². The van der Waals surface area contributed by atoms with Crippen LogP contribution in [0.1, 0.15) is 6.92 Å². The number of aromatic nitrogens is 3. The molecule has 3 rings (SSSR count). The van der Waals surface area contributed by atoms with Gasteiger partial charge in [-0.3, -0.25) is 5.10 Å². The molecule has 0 atom stereocenters. The molecule has 0 radical (unpaired) electrons. The summed E-state index contributed by atoms with van der Waals surface area (Å²) in [6.45, 7) is 2.65. The molecule has 0 saturated heterocycles. The lowest BCUT2D eigenvalue weighted by Crippen LogP contribution is -1.90. The summed E-state index contributed by atoms with van der Waals surface area (Å²) in [5.74, 6) is 0.870. The number of fused-ring (bicyclic) bond motifs is 1. The fourth-order valence-corrected chi connectivity index (χ4v) is 1.93. The number of aromatic amines is 2. The molecular formula is C13H13N3O. The topological polar surface area (TPSA) is 53.7 Å². The van der Waals surface area contributed by atoms with Crippen LogP contribution in [0.5, 0.6) is 5.75 Å². The fourth-order valence-electron chi connectivity index (χ4n) is 1.93. The monoisotopic (exact) mass is 227 g/mol. The molecular weight excluding hydrogens is 214 g/mol. The highest BCUT2D eigenvalue weighted by Crippen LogP contribution is 2.28. The molecule has 3 aromatic rings. The standard InChI is InChI=1S/C13H13N3O/c1-2-17-9-5-6-11-10(8-9)13(16-15-11)12-4-3-7-14-12/h3-8,14H,2H2,1H3,(H,15,16). The molecule has 2 N–H and O–H groups in total. The molecule has 4 nitrogen and oxygen atoms in total. The first-order chi connectivity index (χ1) is 8.38. The summed E-state index contributed by atoms with van der Waals surface area (Å²) in [4.78, 5) is 3.16. The van der Waals surface area contributed by atoms with Crippen LogP contribution in [0.15, 0.2) is 36.5 Å². The van der Waals surface area contributed by atoms with Gasteiger partial charge in [-0.15, -0.1) is 0 Å². The van der Waals surface area contributed by atoms with Gasteiger partial charge in [-0.25, -0.2) is 0 Å². The first kappa shape index (κ1) is 9.96. The van der Waals surface area contributed by atoms with Crippen LogP contribution in [0.3, 0.4) is 0 Å². The summed E-state index contributed by atoms with van der Waals surface area (Å²) in [5, 5.41) is 8.42. The van der Waals surface area contributed by atoms with Crippen molar-refractivity contribution in [2.45, 2.75) is 6.92 Å². The van der Waals surface area contributed by atoms with Gasteiger partial charge in [0, 0.05) is 11.6 Å². The molecule has 0 unspecified atom stereocenters. The summed E-state index contributed by atoms with van der Waals surface area (Å²) in [5.41, 5.74) is 2.94. The fraction of sp³-hybridized carbons (Fsp3) is 0.154. The molecule has 86 valence electrons. The van der Waals surface area contributed by atoms with Crippen molar-refractivity contribution in [1.29, 1.82) is 0 Å². The van der Waals surface area contributed by atoms with E-state index >= 15 is 0 Å². The lowest BCUT2D eigenvalue weighted by atomic mass is 10.1. The minimum atomic E-state index is 0.668. The lowest BCUT2D eigenvalue weighted by molar-refractivity contribution is 0.341. The Morgan fingerprint density at radius 3 is 3.00 bits per heavy atom. The highest BCUT2D eigenvalue weighted by atomic mass is 16.5. The van der Waals surface area contributed by atoms with Crippen molar-refractivity contribution < 1.29 is 4.74 Å². The van der Waals surface area contributed by atoms with E-state index in [0.717, 1.165) is 28.0 Å². The SMILES string of the molecule is CCOc1ccc2[nH]nc(-c3ccc[nH]3)c2c1. The van der Waals surface area contributed by atoms with E-state index in [2.05, 4.69) is 15.2 Å². The minimum Gasteiger partial charge on any atom is -0.494 e. The zero-order chi connectivity index (χ0) is 11.7. The molecule has 0 aliphatic carbocycles. The van der Waals surface area contributed by atoms with E-state index in [1.165, 1.54) is 0 Å². The summed E-state index contributed by atoms with van der Waals surface area (Å²) >= 11 is 0. The Bertz CT molecular complexity index is 625. The van der Waals surface area contributed by atoms with Crippen molar-refractivity contribution in [3.05, 3.63) is 36.5 Å². The number of rotatable bonds is 3. The number of ether oxygens (including phenoxy) is 1. The van der Waals surface area contributed by atoms with Crippen LogP contribution >= 0.6 is 0 Å². The first-order valence-electron chi connectivity index (χ1n) is 5.63. The van der Waals surface area contributed by atoms with Gasteiger partial charge < -0.3 is 9.72 Å². The van der Waals surface area contributed by atoms with Gasteiger partial charge in [0.25, 0.3) is 0 Å². The van der Waals surface area contributed by atoms with Crippen LogP contribution in [0.4, 0.5) is 0 Å². The molecule has 0 bridgehead atoms. The molecule has 2 aromatic heterocycles.